The van der Waals surface area contributed by atoms with Crippen LogP contribution in [0.5, 0.6) is 0 Å². The van der Waals surface area contributed by atoms with Crippen LogP contribution in [0.2, 0.25) is 0 Å². The second kappa shape index (κ2) is 7.71. The van der Waals surface area contributed by atoms with Gasteiger partial charge < -0.3 is 15.1 Å². The summed E-state index contributed by atoms with van der Waals surface area (Å²) in [4.78, 5) is 12.1. The van der Waals surface area contributed by atoms with E-state index in [1.54, 1.807) is 30.3 Å². The minimum atomic E-state index is -3.52. The zero-order valence-electron chi connectivity index (χ0n) is 13.8. The van der Waals surface area contributed by atoms with Gasteiger partial charge in [0, 0.05) is 18.8 Å². The second-order valence-electron chi connectivity index (χ2n) is 5.88. The summed E-state index contributed by atoms with van der Waals surface area (Å²) < 4.78 is 32.0. The zero-order valence-corrected chi connectivity index (χ0v) is 14.6. The van der Waals surface area contributed by atoms with Crippen LogP contribution in [0.3, 0.4) is 0 Å². The van der Waals surface area contributed by atoms with Gasteiger partial charge in [-0.1, -0.05) is 12.5 Å². The fourth-order valence-electron chi connectivity index (χ4n) is 2.74. The minimum absolute atomic E-state index is 0.193. The van der Waals surface area contributed by atoms with Crippen LogP contribution >= 0.6 is 0 Å². The maximum absolute atomic E-state index is 12.7. The number of rotatable bonds is 5. The highest BCUT2D eigenvalue weighted by Crippen LogP contribution is 2.22. The maximum Gasteiger partial charge on any atom is 0.319 e. The predicted molar refractivity (Wildman–Crippen MR) is 93.6 cm³/mol. The van der Waals surface area contributed by atoms with Crippen LogP contribution in [-0.2, 0) is 16.6 Å². The third-order valence-corrected chi connectivity index (χ3v) is 5.94. The summed E-state index contributed by atoms with van der Waals surface area (Å²) in [6, 6.07) is 9.38. The van der Waals surface area contributed by atoms with E-state index in [-0.39, 0.29) is 11.4 Å². The van der Waals surface area contributed by atoms with E-state index >= 15 is 0 Å². The van der Waals surface area contributed by atoms with Crippen molar-refractivity contribution in [3.05, 3.63) is 48.4 Å². The first-order valence-corrected chi connectivity index (χ1v) is 9.67. The van der Waals surface area contributed by atoms with E-state index in [9.17, 15) is 13.2 Å². The Morgan fingerprint density at radius 2 is 1.92 bits per heavy atom. The summed E-state index contributed by atoms with van der Waals surface area (Å²) in [6.07, 6.45) is 4.35. The van der Waals surface area contributed by atoms with E-state index in [0.29, 0.717) is 24.5 Å². The lowest BCUT2D eigenvalue weighted by Crippen LogP contribution is -2.35. The second-order valence-corrected chi connectivity index (χ2v) is 7.82. The van der Waals surface area contributed by atoms with Gasteiger partial charge in [0.1, 0.15) is 5.76 Å². The summed E-state index contributed by atoms with van der Waals surface area (Å²) in [5.74, 6) is 0.636. The fourth-order valence-corrected chi connectivity index (χ4v) is 4.31. The number of anilines is 1. The first-order valence-electron chi connectivity index (χ1n) is 8.23. The van der Waals surface area contributed by atoms with E-state index in [1.165, 1.54) is 16.6 Å². The molecule has 134 valence electrons. The number of urea groups is 1. The molecule has 1 aliphatic heterocycles. The highest BCUT2D eigenvalue weighted by molar-refractivity contribution is 7.89. The standard InChI is InChI=1S/C17H21N3O4S/c21-17(18-13-15-7-5-11-24-15)19-14-6-4-8-16(12-14)25(22,23)20-9-2-1-3-10-20/h4-8,11-12H,1-3,9-10,13H2,(H2,18,19,21). The SMILES string of the molecule is O=C(NCc1ccco1)Nc1cccc(S(=O)(=O)N2CCCCC2)c1. The topological polar surface area (TPSA) is 91.6 Å². The van der Waals surface area contributed by atoms with E-state index in [0.717, 1.165) is 19.3 Å². The molecule has 0 atom stereocenters. The molecule has 7 nitrogen and oxygen atoms in total. The van der Waals surface area contributed by atoms with Crippen LogP contribution in [0.1, 0.15) is 25.0 Å². The van der Waals surface area contributed by atoms with Gasteiger partial charge in [-0.05, 0) is 43.2 Å². The van der Waals surface area contributed by atoms with Crippen LogP contribution in [0.25, 0.3) is 0 Å². The Kier molecular flexibility index (Phi) is 5.40. The number of hydrogen-bond acceptors (Lipinski definition) is 4. The molecule has 1 aliphatic rings. The Morgan fingerprint density at radius 3 is 2.64 bits per heavy atom. The number of nitrogens with zero attached hydrogens (tertiary/aromatic N) is 1. The van der Waals surface area contributed by atoms with E-state index in [4.69, 9.17) is 4.42 Å². The molecule has 0 aliphatic carbocycles. The molecule has 0 spiro atoms. The number of sulfonamides is 1. The number of benzene rings is 1. The summed E-state index contributed by atoms with van der Waals surface area (Å²) in [5, 5.41) is 5.30. The van der Waals surface area contributed by atoms with Crippen molar-refractivity contribution in [3.63, 3.8) is 0 Å². The molecule has 25 heavy (non-hydrogen) atoms. The Morgan fingerprint density at radius 1 is 1.12 bits per heavy atom. The molecule has 2 aromatic rings. The molecule has 0 bridgehead atoms. The van der Waals surface area contributed by atoms with Gasteiger partial charge >= 0.3 is 6.03 Å². The van der Waals surface area contributed by atoms with Gasteiger partial charge in [0.2, 0.25) is 10.0 Å². The van der Waals surface area contributed by atoms with Gasteiger partial charge in [-0.2, -0.15) is 4.31 Å². The molecule has 2 heterocycles. The quantitative estimate of drug-likeness (QED) is 0.854. The highest BCUT2D eigenvalue weighted by Gasteiger charge is 2.26. The fraction of sp³-hybridized carbons (Fsp3) is 0.353. The van der Waals surface area contributed by atoms with Crippen molar-refractivity contribution >= 4 is 21.7 Å². The van der Waals surface area contributed by atoms with Gasteiger partial charge in [0.25, 0.3) is 0 Å². The molecule has 1 fully saturated rings. The number of nitrogens with one attached hydrogen (secondary N) is 2. The van der Waals surface area contributed by atoms with E-state index < -0.39 is 16.1 Å². The minimum Gasteiger partial charge on any atom is -0.467 e. The van der Waals surface area contributed by atoms with E-state index in [2.05, 4.69) is 10.6 Å². The molecular weight excluding hydrogens is 342 g/mol. The Hall–Kier alpha value is -2.32. The van der Waals surface area contributed by atoms with Crippen LogP contribution in [0.15, 0.2) is 52.0 Å². The average molecular weight is 363 g/mol. The Bertz CT molecular complexity index is 812. The maximum atomic E-state index is 12.7. The van der Waals surface area contributed by atoms with Crippen molar-refractivity contribution in [2.75, 3.05) is 18.4 Å². The van der Waals surface area contributed by atoms with Crippen molar-refractivity contribution in [1.29, 1.82) is 0 Å². The number of amides is 2. The normalized spacial score (nSPS) is 15.7. The van der Waals surface area contributed by atoms with Crippen molar-refractivity contribution in [3.8, 4) is 0 Å². The Balaban J connectivity index is 1.65. The summed E-state index contributed by atoms with van der Waals surface area (Å²) in [5.41, 5.74) is 0.426. The summed E-state index contributed by atoms with van der Waals surface area (Å²) in [7, 11) is -3.52. The summed E-state index contributed by atoms with van der Waals surface area (Å²) in [6.45, 7) is 1.35. The molecule has 2 amide bonds. The molecule has 0 unspecified atom stereocenters. The lowest BCUT2D eigenvalue weighted by molar-refractivity contribution is 0.251. The van der Waals surface area contributed by atoms with Crippen molar-refractivity contribution in [1.82, 2.24) is 9.62 Å². The van der Waals surface area contributed by atoms with Crippen LogP contribution in [0, 0.1) is 0 Å². The van der Waals surface area contributed by atoms with E-state index in [1.807, 2.05) is 0 Å². The molecule has 0 saturated carbocycles. The number of carbonyl (C=O) groups excluding carboxylic acids is 1. The van der Waals surface area contributed by atoms with Crippen LogP contribution < -0.4 is 10.6 Å². The molecular formula is C17H21N3O4S. The van der Waals surface area contributed by atoms with Gasteiger partial charge in [0.05, 0.1) is 17.7 Å². The Labute approximate surface area is 147 Å². The van der Waals surface area contributed by atoms with Gasteiger partial charge in [0.15, 0.2) is 0 Å². The first kappa shape index (κ1) is 17.5. The number of piperidine rings is 1. The molecule has 0 radical (unpaired) electrons. The lowest BCUT2D eigenvalue weighted by Gasteiger charge is -2.26. The van der Waals surface area contributed by atoms with Crippen molar-refractivity contribution in [2.24, 2.45) is 0 Å². The molecule has 1 aromatic heterocycles. The highest BCUT2D eigenvalue weighted by atomic mass is 32.2. The average Bonchev–Trinajstić information content (AvgIpc) is 3.14. The van der Waals surface area contributed by atoms with Crippen LogP contribution in [-0.4, -0.2) is 31.8 Å². The molecule has 2 N–H and O–H groups in total. The number of hydrogen-bond donors (Lipinski definition) is 2. The summed E-state index contributed by atoms with van der Waals surface area (Å²) >= 11 is 0. The largest absolute Gasteiger partial charge is 0.467 e. The first-order chi connectivity index (χ1) is 12.1. The zero-order chi connectivity index (χ0) is 17.7. The van der Waals surface area contributed by atoms with Crippen molar-refractivity contribution < 1.29 is 17.6 Å². The van der Waals surface area contributed by atoms with Gasteiger partial charge in [-0.15, -0.1) is 0 Å². The smallest absolute Gasteiger partial charge is 0.319 e. The molecule has 3 rings (SSSR count). The van der Waals surface area contributed by atoms with Gasteiger partial charge in [-0.3, -0.25) is 0 Å². The third kappa shape index (κ3) is 4.40. The van der Waals surface area contributed by atoms with Crippen molar-refractivity contribution in [2.45, 2.75) is 30.7 Å². The van der Waals surface area contributed by atoms with Crippen LogP contribution in [0.4, 0.5) is 10.5 Å². The molecule has 1 saturated heterocycles. The molecule has 8 heteroatoms. The number of furan rings is 1. The lowest BCUT2D eigenvalue weighted by atomic mass is 10.2. The van der Waals surface area contributed by atoms with Gasteiger partial charge in [-0.25, -0.2) is 13.2 Å². The molecule has 1 aromatic carbocycles. The third-order valence-electron chi connectivity index (χ3n) is 4.05. The monoisotopic (exact) mass is 363 g/mol. The number of carbonyl (C=O) groups is 1. The predicted octanol–water partition coefficient (Wildman–Crippen LogP) is 2.78.